The second-order valence-electron chi connectivity index (χ2n) is 6.47. The number of rotatable bonds is 2. The van der Waals surface area contributed by atoms with Gasteiger partial charge in [0.2, 0.25) is 11.8 Å². The topological polar surface area (TPSA) is 83.6 Å². The molecule has 7 heteroatoms. The van der Waals surface area contributed by atoms with Crippen molar-refractivity contribution in [3.8, 4) is 0 Å². The molecule has 1 saturated carbocycles. The van der Waals surface area contributed by atoms with Crippen LogP contribution in [-0.2, 0) is 19.4 Å². The summed E-state index contributed by atoms with van der Waals surface area (Å²) in [6, 6.07) is -0.769. The van der Waals surface area contributed by atoms with Crippen molar-refractivity contribution in [2.45, 2.75) is 50.6 Å². The van der Waals surface area contributed by atoms with Gasteiger partial charge in [-0.1, -0.05) is 19.3 Å². The Morgan fingerprint density at radius 3 is 2.38 bits per heavy atom. The number of hydrogen-bond acceptors (Lipinski definition) is 4. The number of nitrogens with one attached hydrogen (secondary N) is 1. The van der Waals surface area contributed by atoms with Gasteiger partial charge in [0, 0.05) is 6.04 Å². The molecular weight excluding hydrogens is 292 g/mol. The molecule has 0 spiro atoms. The van der Waals surface area contributed by atoms with Crippen LogP contribution in [0, 0.1) is 5.92 Å². The lowest BCUT2D eigenvalue weighted by Gasteiger charge is -2.40. The number of hydrogen-bond donors (Lipinski definition) is 1. The van der Waals surface area contributed by atoms with Gasteiger partial charge in [0.1, 0.15) is 6.04 Å². The molecule has 118 valence electrons. The average molecular weight is 314 g/mol. The lowest BCUT2D eigenvalue weighted by molar-refractivity contribution is -0.148. The fourth-order valence-electron chi connectivity index (χ4n) is 3.81. The lowest BCUT2D eigenvalue weighted by Crippen LogP contribution is -2.63. The van der Waals surface area contributed by atoms with Crippen molar-refractivity contribution in [3.63, 3.8) is 0 Å². The highest BCUT2D eigenvalue weighted by atomic mass is 32.2. The van der Waals surface area contributed by atoms with E-state index in [2.05, 4.69) is 5.32 Å². The first-order valence-electron chi connectivity index (χ1n) is 7.76. The Hall–Kier alpha value is -1.11. The second-order valence-corrected chi connectivity index (χ2v) is 8.69. The largest absolute Gasteiger partial charge is 0.342 e. The van der Waals surface area contributed by atoms with Gasteiger partial charge in [-0.05, 0) is 25.2 Å². The molecule has 0 aromatic rings. The highest BCUT2D eigenvalue weighted by Crippen LogP contribution is 2.30. The van der Waals surface area contributed by atoms with Crippen LogP contribution in [0.3, 0.4) is 0 Å². The summed E-state index contributed by atoms with van der Waals surface area (Å²) in [5, 5.41) is 2.83. The molecule has 2 unspecified atom stereocenters. The molecule has 0 bridgehead atoms. The van der Waals surface area contributed by atoms with Gasteiger partial charge < -0.3 is 10.2 Å². The van der Waals surface area contributed by atoms with Crippen molar-refractivity contribution in [1.82, 2.24) is 10.2 Å². The Morgan fingerprint density at radius 2 is 1.76 bits per heavy atom. The normalized spacial score (nSPS) is 34.0. The smallest absolute Gasteiger partial charge is 0.246 e. The fraction of sp³-hybridized carbons (Fsp3) is 0.857. The summed E-state index contributed by atoms with van der Waals surface area (Å²) >= 11 is 0. The molecule has 2 heterocycles. The number of piperazine rings is 1. The van der Waals surface area contributed by atoms with Crippen molar-refractivity contribution in [1.29, 1.82) is 0 Å². The maximum Gasteiger partial charge on any atom is 0.246 e. The van der Waals surface area contributed by atoms with Gasteiger partial charge >= 0.3 is 0 Å². The quantitative estimate of drug-likeness (QED) is 0.782. The Kier molecular flexibility index (Phi) is 3.94. The van der Waals surface area contributed by atoms with Crippen LogP contribution in [0.1, 0.15) is 38.5 Å². The summed E-state index contributed by atoms with van der Waals surface area (Å²) in [4.78, 5) is 26.1. The summed E-state index contributed by atoms with van der Waals surface area (Å²) in [5.74, 6) is 0.0923. The predicted octanol–water partition coefficient (Wildman–Crippen LogP) is 0.0808. The number of amides is 2. The van der Waals surface area contributed by atoms with E-state index < -0.39 is 15.9 Å². The molecular formula is C14H22N2O4S. The molecule has 2 atom stereocenters. The van der Waals surface area contributed by atoms with Gasteiger partial charge in [-0.3, -0.25) is 9.59 Å². The number of nitrogens with zero attached hydrogens (tertiary/aromatic N) is 1. The van der Waals surface area contributed by atoms with E-state index in [0.717, 1.165) is 25.7 Å². The van der Waals surface area contributed by atoms with E-state index in [1.54, 1.807) is 0 Å². The van der Waals surface area contributed by atoms with Gasteiger partial charge in [-0.15, -0.1) is 0 Å². The minimum atomic E-state index is -3.05. The fourth-order valence-corrected chi connectivity index (χ4v) is 5.54. The van der Waals surface area contributed by atoms with E-state index in [1.807, 2.05) is 0 Å². The molecule has 3 aliphatic rings. The predicted molar refractivity (Wildman–Crippen MR) is 77.3 cm³/mol. The minimum Gasteiger partial charge on any atom is -0.342 e. The van der Waals surface area contributed by atoms with Crippen molar-refractivity contribution < 1.29 is 18.0 Å². The molecule has 21 heavy (non-hydrogen) atoms. The van der Waals surface area contributed by atoms with Gasteiger partial charge in [0.05, 0.1) is 18.1 Å². The van der Waals surface area contributed by atoms with Crippen molar-refractivity contribution in [2.75, 3.05) is 18.1 Å². The van der Waals surface area contributed by atoms with Gasteiger partial charge in [-0.25, -0.2) is 8.42 Å². The SMILES string of the molecule is O=C1CN(C2CCS(=O)(=O)C2)C(=O)C(C2CCCCC2)N1. The third-order valence-electron chi connectivity index (χ3n) is 4.95. The van der Waals surface area contributed by atoms with E-state index in [9.17, 15) is 18.0 Å². The molecule has 2 saturated heterocycles. The van der Waals surface area contributed by atoms with Crippen LogP contribution in [0.15, 0.2) is 0 Å². The molecule has 2 amide bonds. The summed E-state index contributed by atoms with van der Waals surface area (Å²) in [7, 11) is -3.05. The summed E-state index contributed by atoms with van der Waals surface area (Å²) in [5.41, 5.74) is 0. The standard InChI is InChI=1S/C14H22N2O4S/c17-12-8-16(11-6-7-21(19,20)9-11)14(18)13(15-12)10-4-2-1-3-5-10/h10-11,13H,1-9H2,(H,15,17). The van der Waals surface area contributed by atoms with Crippen LogP contribution >= 0.6 is 0 Å². The Labute approximate surface area is 125 Å². The van der Waals surface area contributed by atoms with Gasteiger partial charge in [0.25, 0.3) is 0 Å². The minimum absolute atomic E-state index is 0.00222. The van der Waals surface area contributed by atoms with Crippen LogP contribution in [0.4, 0.5) is 0 Å². The van der Waals surface area contributed by atoms with Crippen molar-refractivity contribution in [3.05, 3.63) is 0 Å². The third-order valence-corrected chi connectivity index (χ3v) is 6.70. The Balaban J connectivity index is 1.75. The first kappa shape index (κ1) is 14.8. The molecule has 1 N–H and O–H groups in total. The number of carbonyl (C=O) groups is 2. The van der Waals surface area contributed by atoms with Gasteiger partial charge in [0.15, 0.2) is 9.84 Å². The highest BCUT2D eigenvalue weighted by molar-refractivity contribution is 7.91. The van der Waals surface area contributed by atoms with Crippen LogP contribution in [0.2, 0.25) is 0 Å². The summed E-state index contributed by atoms with van der Waals surface area (Å²) in [6.45, 7) is 0.00222. The van der Waals surface area contributed by atoms with Crippen molar-refractivity contribution in [2.24, 2.45) is 5.92 Å². The second kappa shape index (κ2) is 5.59. The first-order valence-corrected chi connectivity index (χ1v) is 9.59. The zero-order chi connectivity index (χ0) is 15.0. The number of sulfone groups is 1. The van der Waals surface area contributed by atoms with E-state index in [-0.39, 0.29) is 41.8 Å². The van der Waals surface area contributed by atoms with Gasteiger partial charge in [-0.2, -0.15) is 0 Å². The van der Waals surface area contributed by atoms with E-state index >= 15 is 0 Å². The molecule has 0 radical (unpaired) electrons. The monoisotopic (exact) mass is 314 g/mol. The molecule has 0 aromatic heterocycles. The van der Waals surface area contributed by atoms with Crippen LogP contribution in [0.25, 0.3) is 0 Å². The number of carbonyl (C=O) groups excluding carboxylic acids is 2. The van der Waals surface area contributed by atoms with Crippen LogP contribution in [-0.4, -0.2) is 55.3 Å². The highest BCUT2D eigenvalue weighted by Gasteiger charge is 2.43. The summed E-state index contributed by atoms with van der Waals surface area (Å²) < 4.78 is 23.2. The summed E-state index contributed by atoms with van der Waals surface area (Å²) in [6.07, 6.45) is 5.78. The van der Waals surface area contributed by atoms with Crippen molar-refractivity contribution >= 4 is 21.7 Å². The van der Waals surface area contributed by atoms with E-state index in [0.29, 0.717) is 6.42 Å². The van der Waals surface area contributed by atoms with Crippen LogP contribution < -0.4 is 5.32 Å². The lowest BCUT2D eigenvalue weighted by atomic mass is 9.82. The first-order chi connectivity index (χ1) is 9.96. The molecule has 3 rings (SSSR count). The third kappa shape index (κ3) is 3.07. The zero-order valence-electron chi connectivity index (χ0n) is 12.1. The molecule has 0 aromatic carbocycles. The molecule has 2 aliphatic heterocycles. The molecule has 6 nitrogen and oxygen atoms in total. The van der Waals surface area contributed by atoms with Crippen LogP contribution in [0.5, 0.6) is 0 Å². The zero-order valence-corrected chi connectivity index (χ0v) is 12.9. The molecule has 3 fully saturated rings. The maximum atomic E-state index is 12.7. The average Bonchev–Trinajstić information content (AvgIpc) is 2.82. The van der Waals surface area contributed by atoms with E-state index in [1.165, 1.54) is 11.3 Å². The van der Waals surface area contributed by atoms with E-state index in [4.69, 9.17) is 0 Å². The maximum absolute atomic E-state index is 12.7. The molecule has 1 aliphatic carbocycles. The Morgan fingerprint density at radius 1 is 1.05 bits per heavy atom. The Bertz CT molecular complexity index is 539.